The van der Waals surface area contributed by atoms with E-state index in [1.54, 1.807) is 16.7 Å². The number of carbonyl (C=O) groups excluding carboxylic acids is 1. The molecular weight excluding hydrogens is 471 g/mol. The SMILES string of the molecule is CSCCC(NS(=O)(=O)c1cc(Cl)ccc1Cl)C(=O)N1CCC(C2OCCO2)CC1. The fourth-order valence-corrected chi connectivity index (χ4v) is 6.12. The number of rotatable bonds is 8. The highest BCUT2D eigenvalue weighted by molar-refractivity contribution is 7.98. The van der Waals surface area contributed by atoms with Gasteiger partial charge in [-0.15, -0.1) is 0 Å². The quantitative estimate of drug-likeness (QED) is 0.595. The number of sulfonamides is 1. The summed E-state index contributed by atoms with van der Waals surface area (Å²) < 4.78 is 39.6. The van der Waals surface area contributed by atoms with Crippen LogP contribution in [0.1, 0.15) is 19.3 Å². The summed E-state index contributed by atoms with van der Waals surface area (Å²) in [5.74, 6) is 0.670. The van der Waals surface area contributed by atoms with Crippen LogP contribution >= 0.6 is 35.0 Å². The molecule has 0 aromatic heterocycles. The minimum Gasteiger partial charge on any atom is -0.350 e. The molecule has 2 heterocycles. The van der Waals surface area contributed by atoms with Crippen molar-refractivity contribution in [1.29, 1.82) is 0 Å². The predicted octanol–water partition coefficient (Wildman–Crippen LogP) is 3.00. The van der Waals surface area contributed by atoms with Gasteiger partial charge in [0.1, 0.15) is 10.9 Å². The van der Waals surface area contributed by atoms with E-state index in [0.717, 1.165) is 12.8 Å². The van der Waals surface area contributed by atoms with E-state index in [0.29, 0.717) is 38.5 Å². The van der Waals surface area contributed by atoms with Crippen LogP contribution in [-0.4, -0.2) is 69.9 Å². The van der Waals surface area contributed by atoms with Crippen molar-refractivity contribution in [3.63, 3.8) is 0 Å². The first-order valence-electron chi connectivity index (χ1n) is 9.80. The Hall–Kier alpha value is -0.550. The monoisotopic (exact) mass is 496 g/mol. The number of piperidine rings is 1. The van der Waals surface area contributed by atoms with Crippen LogP contribution in [0, 0.1) is 5.92 Å². The molecule has 1 N–H and O–H groups in total. The van der Waals surface area contributed by atoms with E-state index in [4.69, 9.17) is 32.7 Å². The maximum Gasteiger partial charge on any atom is 0.242 e. The van der Waals surface area contributed by atoms with Crippen molar-refractivity contribution in [3.8, 4) is 0 Å². The van der Waals surface area contributed by atoms with Gasteiger partial charge in [0.15, 0.2) is 6.29 Å². The maximum atomic E-state index is 13.2. The Labute approximate surface area is 191 Å². The standard InChI is InChI=1S/C19H26Cl2N2O5S2/c1-29-11-6-16(22-30(25,26)17-12-14(20)2-3-15(17)21)18(24)23-7-4-13(5-8-23)19-27-9-10-28-19/h2-3,12-13,16,19,22H,4-11H2,1H3. The van der Waals surface area contributed by atoms with Crippen molar-refractivity contribution >= 4 is 50.9 Å². The smallest absolute Gasteiger partial charge is 0.242 e. The molecule has 30 heavy (non-hydrogen) atoms. The summed E-state index contributed by atoms with van der Waals surface area (Å²) in [5.41, 5.74) is 0. The summed E-state index contributed by atoms with van der Waals surface area (Å²) in [4.78, 5) is 14.8. The van der Waals surface area contributed by atoms with E-state index in [2.05, 4.69) is 4.72 Å². The lowest BCUT2D eigenvalue weighted by Crippen LogP contribution is -2.51. The van der Waals surface area contributed by atoms with Crippen LogP contribution in [-0.2, 0) is 24.3 Å². The van der Waals surface area contributed by atoms with Gasteiger partial charge in [0.25, 0.3) is 0 Å². The summed E-state index contributed by atoms with van der Waals surface area (Å²) in [6, 6.07) is 3.36. The molecular formula is C19H26Cl2N2O5S2. The summed E-state index contributed by atoms with van der Waals surface area (Å²) in [6.07, 6.45) is 3.62. The molecule has 1 aromatic rings. The average molecular weight is 497 g/mol. The summed E-state index contributed by atoms with van der Waals surface area (Å²) in [7, 11) is -4.01. The van der Waals surface area contributed by atoms with Crippen molar-refractivity contribution < 1.29 is 22.7 Å². The molecule has 0 saturated carbocycles. The molecule has 2 fully saturated rings. The molecule has 0 spiro atoms. The molecule has 0 bridgehead atoms. The first kappa shape index (κ1) is 24.1. The van der Waals surface area contributed by atoms with Crippen molar-refractivity contribution in [2.24, 2.45) is 5.92 Å². The lowest BCUT2D eigenvalue weighted by Gasteiger charge is -2.35. The Bertz CT molecular complexity index is 841. The van der Waals surface area contributed by atoms with Gasteiger partial charge < -0.3 is 14.4 Å². The molecule has 0 aliphatic carbocycles. The zero-order valence-electron chi connectivity index (χ0n) is 16.7. The van der Waals surface area contributed by atoms with Crippen LogP contribution in [0.15, 0.2) is 23.1 Å². The number of ether oxygens (including phenoxy) is 2. The highest BCUT2D eigenvalue weighted by Crippen LogP contribution is 2.28. The van der Waals surface area contributed by atoms with E-state index < -0.39 is 16.1 Å². The highest BCUT2D eigenvalue weighted by atomic mass is 35.5. The second-order valence-electron chi connectivity index (χ2n) is 7.30. The van der Waals surface area contributed by atoms with Crippen LogP contribution < -0.4 is 4.72 Å². The van der Waals surface area contributed by atoms with E-state index in [1.807, 2.05) is 6.26 Å². The Morgan fingerprint density at radius 3 is 2.57 bits per heavy atom. The Morgan fingerprint density at radius 2 is 1.93 bits per heavy atom. The molecule has 1 atom stereocenters. The molecule has 2 saturated heterocycles. The second kappa shape index (κ2) is 10.8. The lowest BCUT2D eigenvalue weighted by molar-refractivity contribution is -0.138. The van der Waals surface area contributed by atoms with Gasteiger partial charge in [-0.1, -0.05) is 23.2 Å². The van der Waals surface area contributed by atoms with Gasteiger partial charge in [-0.05, 0) is 49.5 Å². The van der Waals surface area contributed by atoms with Gasteiger partial charge in [-0.2, -0.15) is 16.5 Å². The third-order valence-electron chi connectivity index (χ3n) is 5.27. The minimum atomic E-state index is -4.01. The molecule has 3 rings (SSSR count). The average Bonchev–Trinajstić information content (AvgIpc) is 3.27. The molecule has 1 amide bonds. The number of thioether (sulfide) groups is 1. The van der Waals surface area contributed by atoms with Gasteiger partial charge in [-0.3, -0.25) is 4.79 Å². The molecule has 2 aliphatic heterocycles. The largest absolute Gasteiger partial charge is 0.350 e. The number of amides is 1. The first-order valence-corrected chi connectivity index (χ1v) is 13.4. The first-order chi connectivity index (χ1) is 14.3. The molecule has 0 radical (unpaired) electrons. The summed E-state index contributed by atoms with van der Waals surface area (Å²) in [6.45, 7) is 2.30. The normalized spacial score (nSPS) is 19.9. The lowest BCUT2D eigenvalue weighted by atomic mass is 9.95. The fraction of sp³-hybridized carbons (Fsp3) is 0.632. The molecule has 7 nitrogen and oxygen atoms in total. The zero-order valence-corrected chi connectivity index (χ0v) is 19.8. The zero-order chi connectivity index (χ0) is 21.7. The summed E-state index contributed by atoms with van der Waals surface area (Å²) in [5, 5.41) is 0.311. The van der Waals surface area contributed by atoms with Gasteiger partial charge in [0.05, 0.1) is 18.2 Å². The minimum absolute atomic E-state index is 0.0559. The van der Waals surface area contributed by atoms with Crippen molar-refractivity contribution in [1.82, 2.24) is 9.62 Å². The van der Waals surface area contributed by atoms with Crippen LogP contribution in [0.3, 0.4) is 0 Å². The second-order valence-corrected chi connectivity index (χ2v) is 10.8. The van der Waals surface area contributed by atoms with Gasteiger partial charge >= 0.3 is 0 Å². The van der Waals surface area contributed by atoms with Crippen LogP contribution in [0.4, 0.5) is 0 Å². The molecule has 168 valence electrons. The van der Waals surface area contributed by atoms with E-state index in [9.17, 15) is 13.2 Å². The third-order valence-corrected chi connectivity index (χ3v) is 8.10. The van der Waals surface area contributed by atoms with Crippen LogP contribution in [0.5, 0.6) is 0 Å². The number of nitrogens with zero attached hydrogens (tertiary/aromatic N) is 1. The maximum absolute atomic E-state index is 13.2. The number of carbonyl (C=O) groups is 1. The van der Waals surface area contributed by atoms with Gasteiger partial charge in [-0.25, -0.2) is 8.42 Å². The Balaban J connectivity index is 1.69. The Morgan fingerprint density at radius 1 is 1.27 bits per heavy atom. The molecule has 1 unspecified atom stereocenters. The summed E-state index contributed by atoms with van der Waals surface area (Å²) >= 11 is 13.6. The third kappa shape index (κ3) is 6.03. The number of hydrogen-bond donors (Lipinski definition) is 1. The van der Waals surface area contributed by atoms with Crippen molar-refractivity contribution in [3.05, 3.63) is 28.2 Å². The van der Waals surface area contributed by atoms with E-state index in [1.165, 1.54) is 18.2 Å². The van der Waals surface area contributed by atoms with Crippen molar-refractivity contribution in [2.75, 3.05) is 38.3 Å². The fourth-order valence-electron chi connectivity index (χ4n) is 3.66. The molecule has 1 aromatic carbocycles. The van der Waals surface area contributed by atoms with Gasteiger partial charge in [0.2, 0.25) is 15.9 Å². The van der Waals surface area contributed by atoms with Gasteiger partial charge in [0, 0.05) is 24.0 Å². The Kier molecular flexibility index (Phi) is 8.72. The van der Waals surface area contributed by atoms with Crippen molar-refractivity contribution in [2.45, 2.75) is 36.5 Å². The highest BCUT2D eigenvalue weighted by Gasteiger charge is 2.35. The number of likely N-dealkylation sites (tertiary alicyclic amines) is 1. The number of benzene rings is 1. The predicted molar refractivity (Wildman–Crippen MR) is 119 cm³/mol. The number of nitrogens with one attached hydrogen (secondary N) is 1. The topological polar surface area (TPSA) is 84.9 Å². The molecule has 2 aliphatic rings. The van der Waals surface area contributed by atoms with E-state index >= 15 is 0 Å². The van der Waals surface area contributed by atoms with Crippen LogP contribution in [0.2, 0.25) is 10.0 Å². The molecule has 11 heteroatoms. The van der Waals surface area contributed by atoms with E-state index in [-0.39, 0.29) is 33.1 Å². The number of hydrogen-bond acceptors (Lipinski definition) is 6. The van der Waals surface area contributed by atoms with Crippen LogP contribution in [0.25, 0.3) is 0 Å². The number of halogens is 2.